The fourth-order valence-corrected chi connectivity index (χ4v) is 10.5. The number of methoxy groups -OCH3 is 1. The average molecular weight is 896 g/mol. The lowest BCUT2D eigenvalue weighted by Crippen LogP contribution is -2.54. The lowest BCUT2D eigenvalue weighted by molar-refractivity contribution is -0.137. The Labute approximate surface area is 373 Å². The summed E-state index contributed by atoms with van der Waals surface area (Å²) < 4.78 is 18.7. The first-order valence-electron chi connectivity index (χ1n) is 21.8. The molecule has 1 atom stereocenters. The number of piperidine rings is 2. The van der Waals surface area contributed by atoms with Crippen molar-refractivity contribution in [1.29, 1.82) is 0 Å². The summed E-state index contributed by atoms with van der Waals surface area (Å²) in [7, 11) is -0.912. The molecule has 4 aliphatic rings. The van der Waals surface area contributed by atoms with E-state index in [2.05, 4.69) is 41.8 Å². The molecule has 5 heterocycles. The number of ether oxygens (including phenoxy) is 1. The summed E-state index contributed by atoms with van der Waals surface area (Å²) in [5.41, 5.74) is 5.11. The Morgan fingerprint density at radius 2 is 1.70 bits per heavy atom. The Hall–Kier alpha value is -5.50. The molecule has 0 radical (unpaired) electrons. The number of piperazine rings is 1. The van der Waals surface area contributed by atoms with Gasteiger partial charge in [-0.3, -0.25) is 29.4 Å². The minimum Gasteiger partial charge on any atom is -0.494 e. The molecule has 0 aliphatic carbocycles. The number of hydrogen-bond acceptors (Lipinski definition) is 12. The summed E-state index contributed by atoms with van der Waals surface area (Å²) in [5, 5.41) is 9.91. The van der Waals surface area contributed by atoms with E-state index in [9.17, 15) is 23.7 Å². The smallest absolute Gasteiger partial charge is 0.255 e. The summed E-state index contributed by atoms with van der Waals surface area (Å²) in [6.07, 6.45) is 7.17. The number of amides is 4. The predicted octanol–water partition coefficient (Wildman–Crippen LogP) is 6.16. The molecule has 4 aromatic rings. The molecule has 15 nitrogen and oxygen atoms in total. The molecular weight excluding hydrogens is 841 g/mol. The molecule has 8 rings (SSSR count). The minimum atomic E-state index is -2.55. The molecule has 3 aromatic carbocycles. The zero-order valence-corrected chi connectivity index (χ0v) is 37.7. The zero-order chi connectivity index (χ0) is 44.3. The Kier molecular flexibility index (Phi) is 13.4. The zero-order valence-electron chi connectivity index (χ0n) is 36.1. The van der Waals surface area contributed by atoms with Crippen molar-refractivity contribution < 1.29 is 28.5 Å². The van der Waals surface area contributed by atoms with E-state index in [0.717, 1.165) is 88.2 Å². The number of carbonyl (C=O) groups excluding carboxylic acids is 4. The Balaban J connectivity index is 0.765. The first-order valence-corrected chi connectivity index (χ1v) is 24.7. The standard InChI is InChI=1S/C46H55ClN9O6P/c1-62-39-27-33(13-15-36(39)50-46-48-28-35(47)43(52-46)49-37-9-5-6-10-40(37)63(2,3)61)53-20-18-32(19-21-53)54-22-24-55(25-23-54)42(58)11-7-4-8-30-12-14-34-31(26-30)29-56(45(34)60)38-16-17-41(57)51-44(38)59/h5-6,9-10,12-15,26-28,32,38H,4,7-8,11,16-25,29H2,1-3H3,(H,51,57,59)(H2,48,49,50,52). The van der Waals surface area contributed by atoms with Crippen LogP contribution in [0.3, 0.4) is 0 Å². The number of aryl methyl sites for hydroxylation is 1. The number of hydrogen-bond donors (Lipinski definition) is 3. The van der Waals surface area contributed by atoms with E-state index in [0.29, 0.717) is 70.2 Å². The average Bonchev–Trinajstić information content (AvgIpc) is 3.60. The van der Waals surface area contributed by atoms with E-state index in [4.69, 9.17) is 16.3 Å². The summed E-state index contributed by atoms with van der Waals surface area (Å²) in [6.45, 7) is 8.90. The number of unbranched alkanes of at least 4 members (excludes halogenated alkanes) is 1. The van der Waals surface area contributed by atoms with Gasteiger partial charge >= 0.3 is 0 Å². The van der Waals surface area contributed by atoms with E-state index < -0.39 is 19.1 Å². The molecule has 3 fully saturated rings. The van der Waals surface area contributed by atoms with Crippen molar-refractivity contribution in [3.05, 3.63) is 88.6 Å². The predicted molar refractivity (Wildman–Crippen MR) is 246 cm³/mol. The maximum Gasteiger partial charge on any atom is 0.255 e. The van der Waals surface area contributed by atoms with Gasteiger partial charge in [0.1, 0.15) is 24.0 Å². The molecule has 0 bridgehead atoms. The van der Waals surface area contributed by atoms with Crippen molar-refractivity contribution in [2.45, 2.75) is 70.0 Å². The van der Waals surface area contributed by atoms with E-state index >= 15 is 0 Å². The van der Waals surface area contributed by atoms with Gasteiger partial charge < -0.3 is 34.6 Å². The second-order valence-electron chi connectivity index (χ2n) is 17.1. The Morgan fingerprint density at radius 3 is 2.44 bits per heavy atom. The van der Waals surface area contributed by atoms with Crippen LogP contribution >= 0.6 is 18.7 Å². The van der Waals surface area contributed by atoms with Crippen LogP contribution in [0.4, 0.5) is 28.8 Å². The number of rotatable bonds is 14. The van der Waals surface area contributed by atoms with E-state index in [1.165, 1.54) is 6.20 Å². The molecule has 1 unspecified atom stereocenters. The van der Waals surface area contributed by atoms with Crippen molar-refractivity contribution in [1.82, 2.24) is 30.0 Å². The first-order chi connectivity index (χ1) is 30.3. The second-order valence-corrected chi connectivity index (χ2v) is 20.7. The van der Waals surface area contributed by atoms with Crippen molar-refractivity contribution in [2.24, 2.45) is 0 Å². The summed E-state index contributed by atoms with van der Waals surface area (Å²) in [5.74, 6) is 0.735. The van der Waals surface area contributed by atoms with Crippen LogP contribution in [0.5, 0.6) is 5.75 Å². The SMILES string of the molecule is COc1cc(N2CCC(N3CCN(C(=O)CCCCc4ccc5c(c4)CN(C4CCC(=O)NC4=O)C5=O)CC3)CC2)ccc1Nc1ncc(Cl)c(Nc2ccccc2P(C)(C)=O)n1. The Bertz CT molecular complexity index is 2430. The molecule has 3 saturated heterocycles. The third kappa shape index (κ3) is 10.2. The molecule has 4 amide bonds. The number of aromatic nitrogens is 2. The highest BCUT2D eigenvalue weighted by atomic mass is 35.5. The molecular formula is C46H55ClN9O6P. The minimum absolute atomic E-state index is 0.164. The molecule has 17 heteroatoms. The normalized spacial score (nSPS) is 18.6. The second kappa shape index (κ2) is 19.1. The van der Waals surface area contributed by atoms with Gasteiger partial charge in [-0.25, -0.2) is 4.98 Å². The van der Waals surface area contributed by atoms with Gasteiger partial charge in [0.05, 0.1) is 24.7 Å². The Morgan fingerprint density at radius 1 is 0.921 bits per heavy atom. The fourth-order valence-electron chi connectivity index (χ4n) is 9.16. The number of imide groups is 1. The number of carbonyl (C=O) groups is 4. The summed E-state index contributed by atoms with van der Waals surface area (Å²) in [4.78, 5) is 67.7. The molecule has 0 spiro atoms. The number of nitrogens with zero attached hydrogens (tertiary/aromatic N) is 6. The number of para-hydroxylation sites is 1. The van der Waals surface area contributed by atoms with Gasteiger partial charge in [-0.1, -0.05) is 35.9 Å². The number of benzene rings is 3. The molecule has 63 heavy (non-hydrogen) atoms. The topological polar surface area (TPSA) is 169 Å². The van der Waals surface area contributed by atoms with Crippen LogP contribution in [-0.2, 0) is 31.9 Å². The highest BCUT2D eigenvalue weighted by Crippen LogP contribution is 2.39. The quantitative estimate of drug-likeness (QED) is 0.0750. The van der Waals surface area contributed by atoms with Gasteiger partial charge in [-0.2, -0.15) is 4.98 Å². The molecule has 4 aliphatic heterocycles. The maximum absolute atomic E-state index is 13.2. The van der Waals surface area contributed by atoms with Crippen LogP contribution in [-0.4, -0.2) is 120 Å². The summed E-state index contributed by atoms with van der Waals surface area (Å²) in [6, 6.07) is 19.2. The van der Waals surface area contributed by atoms with E-state index in [1.807, 2.05) is 59.5 Å². The van der Waals surface area contributed by atoms with Crippen LogP contribution in [0, 0.1) is 0 Å². The van der Waals surface area contributed by atoms with Crippen molar-refractivity contribution in [2.75, 3.05) is 75.2 Å². The van der Waals surface area contributed by atoms with Crippen LogP contribution in [0.2, 0.25) is 5.02 Å². The summed E-state index contributed by atoms with van der Waals surface area (Å²) >= 11 is 6.48. The first kappa shape index (κ1) is 44.1. The van der Waals surface area contributed by atoms with Gasteiger partial charge in [0, 0.05) is 87.3 Å². The van der Waals surface area contributed by atoms with Crippen LogP contribution in [0.15, 0.2) is 66.9 Å². The van der Waals surface area contributed by atoms with Crippen molar-refractivity contribution in [3.63, 3.8) is 0 Å². The highest BCUT2D eigenvalue weighted by Gasteiger charge is 2.39. The van der Waals surface area contributed by atoms with Crippen LogP contribution in [0.25, 0.3) is 0 Å². The maximum atomic E-state index is 13.2. The number of nitrogens with one attached hydrogen (secondary N) is 3. The molecule has 1 aromatic heterocycles. The van der Waals surface area contributed by atoms with Crippen LogP contribution in [0.1, 0.15) is 66.4 Å². The molecule has 332 valence electrons. The molecule has 3 N–H and O–H groups in total. The number of anilines is 5. The monoisotopic (exact) mass is 895 g/mol. The van der Waals surface area contributed by atoms with Gasteiger partial charge in [-0.05, 0) is 93.3 Å². The molecule has 0 saturated carbocycles. The lowest BCUT2D eigenvalue weighted by Gasteiger charge is -2.43. The third-order valence-electron chi connectivity index (χ3n) is 12.6. The lowest BCUT2D eigenvalue weighted by atomic mass is 10.0. The number of halogens is 1. The van der Waals surface area contributed by atoms with Crippen molar-refractivity contribution >= 4 is 76.5 Å². The number of fused-ring (bicyclic) bond motifs is 1. The largest absolute Gasteiger partial charge is 0.494 e. The van der Waals surface area contributed by atoms with E-state index in [1.54, 1.807) is 25.3 Å². The fraction of sp³-hybridized carbons (Fsp3) is 0.435. The highest BCUT2D eigenvalue weighted by molar-refractivity contribution is 7.70. The third-order valence-corrected chi connectivity index (χ3v) is 14.4. The van der Waals surface area contributed by atoms with Gasteiger partial charge in [0.25, 0.3) is 5.91 Å². The van der Waals surface area contributed by atoms with Crippen molar-refractivity contribution in [3.8, 4) is 5.75 Å². The van der Waals surface area contributed by atoms with Gasteiger partial charge in [0.15, 0.2) is 5.82 Å². The van der Waals surface area contributed by atoms with Crippen LogP contribution < -0.4 is 30.9 Å². The van der Waals surface area contributed by atoms with Gasteiger partial charge in [-0.15, -0.1) is 0 Å². The van der Waals surface area contributed by atoms with E-state index in [-0.39, 0.29) is 24.1 Å². The van der Waals surface area contributed by atoms with Gasteiger partial charge in [0.2, 0.25) is 23.7 Å².